The third kappa shape index (κ3) is 5.22. The Balaban J connectivity index is 1.55. The van der Waals surface area contributed by atoms with Crippen molar-refractivity contribution in [3.63, 3.8) is 0 Å². The van der Waals surface area contributed by atoms with Crippen LogP contribution < -0.4 is 5.32 Å². The number of rotatable bonds is 3. The molecule has 3 rings (SSSR count). The van der Waals surface area contributed by atoms with E-state index in [0.717, 1.165) is 11.3 Å². The van der Waals surface area contributed by atoms with Crippen molar-refractivity contribution in [1.82, 2.24) is 14.7 Å². The molecule has 1 N–H and O–H groups in total. The second-order valence-electron chi connectivity index (χ2n) is 7.33. The van der Waals surface area contributed by atoms with Crippen LogP contribution >= 0.6 is 0 Å². The Bertz CT molecular complexity index is 811. The number of fused-ring (bicyclic) bond motifs is 1. The van der Waals surface area contributed by atoms with Crippen molar-refractivity contribution in [2.24, 2.45) is 0 Å². The summed E-state index contributed by atoms with van der Waals surface area (Å²) in [7, 11) is 0. The smallest absolute Gasteiger partial charge is 0.413 e. The Kier molecular flexibility index (Phi) is 5.34. The van der Waals surface area contributed by atoms with Gasteiger partial charge in [-0.25, -0.2) is 9.59 Å². The standard InChI is InChI=1S/C19H24N4O4/c1-19(2,3)27-18(25)22-9-10-23-15(12-22)11-16(21-23)20-17(24)26-13-14-7-5-4-6-8-14/h4-8,11H,9-10,12-13H2,1-3H3,(H,20,21,24). The van der Waals surface area contributed by atoms with Crippen molar-refractivity contribution < 1.29 is 19.1 Å². The first-order valence-electron chi connectivity index (χ1n) is 8.82. The SMILES string of the molecule is CC(C)(C)OC(=O)N1CCn2nc(NC(=O)OCc3ccccc3)cc2C1. The molecule has 2 aromatic rings. The van der Waals surface area contributed by atoms with Gasteiger partial charge in [-0.2, -0.15) is 5.10 Å². The highest BCUT2D eigenvalue weighted by Gasteiger charge is 2.27. The summed E-state index contributed by atoms with van der Waals surface area (Å²) in [6.45, 7) is 7.11. The van der Waals surface area contributed by atoms with Crippen LogP contribution in [0.25, 0.3) is 0 Å². The topological polar surface area (TPSA) is 85.7 Å². The Labute approximate surface area is 158 Å². The normalized spacial score (nSPS) is 13.7. The van der Waals surface area contributed by atoms with E-state index >= 15 is 0 Å². The van der Waals surface area contributed by atoms with Crippen molar-refractivity contribution in [3.05, 3.63) is 47.7 Å². The molecule has 8 heteroatoms. The number of hydrogen-bond acceptors (Lipinski definition) is 5. The molecule has 1 aliphatic heterocycles. The van der Waals surface area contributed by atoms with Gasteiger partial charge in [0.25, 0.3) is 0 Å². The molecular formula is C19H24N4O4. The first-order valence-corrected chi connectivity index (χ1v) is 8.82. The zero-order valence-corrected chi connectivity index (χ0v) is 15.8. The number of nitrogens with one attached hydrogen (secondary N) is 1. The summed E-state index contributed by atoms with van der Waals surface area (Å²) in [5.74, 6) is 0.397. The summed E-state index contributed by atoms with van der Waals surface area (Å²) >= 11 is 0. The van der Waals surface area contributed by atoms with Crippen molar-refractivity contribution in [1.29, 1.82) is 0 Å². The summed E-state index contributed by atoms with van der Waals surface area (Å²) in [6.07, 6.45) is -0.926. The van der Waals surface area contributed by atoms with Crippen molar-refractivity contribution >= 4 is 18.0 Å². The minimum atomic E-state index is -0.571. The van der Waals surface area contributed by atoms with Gasteiger partial charge in [0.2, 0.25) is 0 Å². The molecule has 1 aliphatic rings. The first kappa shape index (κ1) is 18.8. The van der Waals surface area contributed by atoms with Gasteiger partial charge in [0.05, 0.1) is 18.8 Å². The number of ether oxygens (including phenoxy) is 2. The Hall–Kier alpha value is -3.03. The minimum Gasteiger partial charge on any atom is -0.444 e. The number of nitrogens with zero attached hydrogens (tertiary/aromatic N) is 3. The number of carbonyl (C=O) groups excluding carboxylic acids is 2. The molecule has 27 heavy (non-hydrogen) atoms. The predicted molar refractivity (Wildman–Crippen MR) is 99.1 cm³/mol. The average molecular weight is 372 g/mol. The number of hydrogen-bond donors (Lipinski definition) is 1. The van der Waals surface area contributed by atoms with Crippen molar-refractivity contribution in [2.45, 2.75) is 46.1 Å². The maximum Gasteiger partial charge on any atom is 0.413 e. The molecule has 0 fully saturated rings. The van der Waals surface area contributed by atoms with Gasteiger partial charge in [-0.3, -0.25) is 10.00 Å². The van der Waals surface area contributed by atoms with Crippen LogP contribution in [0.2, 0.25) is 0 Å². The van der Waals surface area contributed by atoms with Crippen LogP contribution in [0.3, 0.4) is 0 Å². The quantitative estimate of drug-likeness (QED) is 0.893. The highest BCUT2D eigenvalue weighted by atomic mass is 16.6. The number of anilines is 1. The maximum atomic E-state index is 12.2. The highest BCUT2D eigenvalue weighted by molar-refractivity contribution is 5.83. The lowest BCUT2D eigenvalue weighted by atomic mass is 10.2. The van der Waals surface area contributed by atoms with Crippen molar-refractivity contribution in [2.75, 3.05) is 11.9 Å². The Morgan fingerprint density at radius 2 is 1.93 bits per heavy atom. The molecule has 1 aromatic carbocycles. The summed E-state index contributed by atoms with van der Waals surface area (Å²) in [5, 5.41) is 6.96. The predicted octanol–water partition coefficient (Wildman–Crippen LogP) is 3.38. The zero-order valence-electron chi connectivity index (χ0n) is 15.8. The number of carbonyl (C=O) groups is 2. The minimum absolute atomic E-state index is 0.187. The average Bonchev–Trinajstić information content (AvgIpc) is 3.00. The van der Waals surface area contributed by atoms with E-state index in [4.69, 9.17) is 9.47 Å². The summed E-state index contributed by atoms with van der Waals surface area (Å²) in [5.41, 5.74) is 1.19. The van der Waals surface area contributed by atoms with Crippen LogP contribution in [0, 0.1) is 0 Å². The molecule has 144 valence electrons. The Morgan fingerprint density at radius 1 is 1.19 bits per heavy atom. The van der Waals surface area contributed by atoms with E-state index in [9.17, 15) is 9.59 Å². The van der Waals surface area contributed by atoms with E-state index in [1.807, 2.05) is 51.1 Å². The summed E-state index contributed by atoms with van der Waals surface area (Å²) in [4.78, 5) is 25.8. The van der Waals surface area contributed by atoms with Crippen LogP contribution in [0.5, 0.6) is 0 Å². The van der Waals surface area contributed by atoms with Crippen molar-refractivity contribution in [3.8, 4) is 0 Å². The van der Waals surface area contributed by atoms with E-state index in [0.29, 0.717) is 25.5 Å². The van der Waals surface area contributed by atoms with Crippen LogP contribution in [0.1, 0.15) is 32.0 Å². The molecule has 2 heterocycles. The molecule has 2 amide bonds. The molecule has 8 nitrogen and oxygen atoms in total. The second-order valence-corrected chi connectivity index (χ2v) is 7.33. The molecule has 0 atom stereocenters. The monoisotopic (exact) mass is 372 g/mol. The molecule has 0 bridgehead atoms. The largest absolute Gasteiger partial charge is 0.444 e. The van der Waals surface area contributed by atoms with E-state index in [2.05, 4.69) is 10.4 Å². The van der Waals surface area contributed by atoms with Gasteiger partial charge < -0.3 is 14.4 Å². The first-order chi connectivity index (χ1) is 12.8. The second kappa shape index (κ2) is 7.69. The van der Waals surface area contributed by atoms with Gasteiger partial charge in [0, 0.05) is 12.6 Å². The third-order valence-corrected chi connectivity index (χ3v) is 3.89. The van der Waals surface area contributed by atoms with Crippen LogP contribution in [-0.4, -0.2) is 39.0 Å². The highest BCUT2D eigenvalue weighted by Crippen LogP contribution is 2.19. The van der Waals surface area contributed by atoms with Crippen LogP contribution in [0.15, 0.2) is 36.4 Å². The number of aromatic nitrogens is 2. The van der Waals surface area contributed by atoms with Gasteiger partial charge in [0.15, 0.2) is 5.82 Å². The summed E-state index contributed by atoms with van der Waals surface area (Å²) in [6, 6.07) is 11.2. The molecular weight excluding hydrogens is 348 g/mol. The molecule has 0 saturated carbocycles. The van der Waals surface area contributed by atoms with Gasteiger partial charge in [-0.15, -0.1) is 0 Å². The van der Waals surface area contributed by atoms with Gasteiger partial charge in [0.1, 0.15) is 12.2 Å². The summed E-state index contributed by atoms with van der Waals surface area (Å²) < 4.78 is 12.4. The lowest BCUT2D eigenvalue weighted by Crippen LogP contribution is -2.41. The number of benzene rings is 1. The fourth-order valence-corrected chi connectivity index (χ4v) is 2.67. The third-order valence-electron chi connectivity index (χ3n) is 3.89. The van der Waals surface area contributed by atoms with E-state index in [-0.39, 0.29) is 12.7 Å². The molecule has 0 unspecified atom stereocenters. The maximum absolute atomic E-state index is 12.2. The fraction of sp³-hybridized carbons (Fsp3) is 0.421. The lowest BCUT2D eigenvalue weighted by Gasteiger charge is -2.30. The zero-order chi connectivity index (χ0) is 19.4. The molecule has 1 aromatic heterocycles. The molecule has 0 aliphatic carbocycles. The van der Waals surface area contributed by atoms with Gasteiger partial charge in [-0.05, 0) is 26.3 Å². The van der Waals surface area contributed by atoms with Crippen LogP contribution in [0.4, 0.5) is 15.4 Å². The van der Waals surface area contributed by atoms with Crippen LogP contribution in [-0.2, 0) is 29.2 Å². The molecule has 0 radical (unpaired) electrons. The number of amides is 2. The van der Waals surface area contributed by atoms with E-state index in [1.165, 1.54) is 0 Å². The van der Waals surface area contributed by atoms with Gasteiger partial charge >= 0.3 is 12.2 Å². The molecule has 0 saturated heterocycles. The fourth-order valence-electron chi connectivity index (χ4n) is 2.67. The van der Waals surface area contributed by atoms with E-state index < -0.39 is 11.7 Å². The lowest BCUT2D eigenvalue weighted by molar-refractivity contribution is 0.0194. The van der Waals surface area contributed by atoms with Gasteiger partial charge in [-0.1, -0.05) is 30.3 Å². The Morgan fingerprint density at radius 3 is 2.63 bits per heavy atom. The molecule has 0 spiro atoms. The van der Waals surface area contributed by atoms with E-state index in [1.54, 1.807) is 15.6 Å².